The van der Waals surface area contributed by atoms with Crippen molar-refractivity contribution >= 4 is 11.7 Å². The summed E-state index contributed by atoms with van der Waals surface area (Å²) in [7, 11) is 0. The van der Waals surface area contributed by atoms with Crippen LogP contribution >= 0.6 is 0 Å². The molecule has 1 aromatic rings. The normalized spacial score (nSPS) is 12.3. The van der Waals surface area contributed by atoms with E-state index in [4.69, 9.17) is 10.9 Å². The van der Waals surface area contributed by atoms with Gasteiger partial charge in [-0.1, -0.05) is 5.16 Å². The van der Waals surface area contributed by atoms with Crippen LogP contribution in [-0.2, 0) is 0 Å². The Balaban J connectivity index is 2.83. The summed E-state index contributed by atoms with van der Waals surface area (Å²) < 4.78 is 0. The van der Waals surface area contributed by atoms with E-state index in [9.17, 15) is 4.79 Å². The van der Waals surface area contributed by atoms with Crippen molar-refractivity contribution in [3.63, 3.8) is 0 Å². The van der Waals surface area contributed by atoms with Crippen molar-refractivity contribution in [3.05, 3.63) is 23.8 Å². The smallest absolute Gasteiger partial charge is 0.272 e. The Morgan fingerprint density at radius 2 is 2.12 bits per heavy atom. The van der Waals surface area contributed by atoms with Crippen molar-refractivity contribution in [2.45, 2.75) is 26.3 Å². The van der Waals surface area contributed by atoms with Gasteiger partial charge in [-0.05, 0) is 20.8 Å². The summed E-state index contributed by atoms with van der Waals surface area (Å²) in [4.78, 5) is 19.7. The monoisotopic (exact) mass is 237 g/mol. The molecular weight excluding hydrogens is 222 g/mol. The Morgan fingerprint density at radius 1 is 1.47 bits per heavy atom. The highest BCUT2D eigenvalue weighted by Gasteiger charge is 2.26. The summed E-state index contributed by atoms with van der Waals surface area (Å²) in [5.74, 6) is -0.528. The standard InChI is InChI=1S/C10H15N5O2/c1-6-4-13-7(5-12-6)8(16)14-10(2,3)9(11)15-17/h4-5,17H,1-3H3,(H2,11,15)(H,14,16). The number of carbonyl (C=O) groups excluding carboxylic acids is 1. The number of nitrogens with zero attached hydrogens (tertiary/aromatic N) is 3. The number of hydrogen-bond donors (Lipinski definition) is 3. The maximum atomic E-state index is 11.8. The highest BCUT2D eigenvalue weighted by Crippen LogP contribution is 2.04. The zero-order chi connectivity index (χ0) is 13.1. The van der Waals surface area contributed by atoms with Crippen molar-refractivity contribution in [1.29, 1.82) is 0 Å². The zero-order valence-corrected chi connectivity index (χ0v) is 9.93. The second kappa shape index (κ2) is 4.77. The molecule has 7 heteroatoms. The molecule has 1 rings (SSSR count). The molecule has 1 aromatic heterocycles. The molecule has 0 aromatic carbocycles. The molecule has 92 valence electrons. The SMILES string of the molecule is Cc1cnc(C(=O)NC(C)(C)/C(N)=N/O)cn1. The van der Waals surface area contributed by atoms with Crippen LogP contribution in [0.2, 0.25) is 0 Å². The van der Waals surface area contributed by atoms with Gasteiger partial charge in [0, 0.05) is 6.20 Å². The van der Waals surface area contributed by atoms with Gasteiger partial charge in [0.05, 0.1) is 17.4 Å². The zero-order valence-electron chi connectivity index (χ0n) is 9.93. The van der Waals surface area contributed by atoms with Crippen LogP contribution in [-0.4, -0.2) is 32.5 Å². The molecule has 0 aliphatic carbocycles. The van der Waals surface area contributed by atoms with Crippen molar-refractivity contribution in [1.82, 2.24) is 15.3 Å². The molecule has 17 heavy (non-hydrogen) atoms. The summed E-state index contributed by atoms with van der Waals surface area (Å²) in [6.45, 7) is 5.00. The molecule has 0 fully saturated rings. The first kappa shape index (κ1) is 12.9. The average molecular weight is 237 g/mol. The van der Waals surface area contributed by atoms with Gasteiger partial charge < -0.3 is 16.3 Å². The van der Waals surface area contributed by atoms with E-state index in [1.807, 2.05) is 0 Å². The minimum atomic E-state index is -0.960. The number of hydrogen-bond acceptors (Lipinski definition) is 5. The molecule has 7 nitrogen and oxygen atoms in total. The Labute approximate surface area is 98.8 Å². The summed E-state index contributed by atoms with van der Waals surface area (Å²) in [6, 6.07) is 0. The van der Waals surface area contributed by atoms with E-state index in [2.05, 4.69) is 20.4 Å². The van der Waals surface area contributed by atoms with E-state index < -0.39 is 11.4 Å². The molecule has 0 aliphatic rings. The fourth-order valence-electron chi connectivity index (χ4n) is 1.05. The Kier molecular flexibility index (Phi) is 3.62. The van der Waals surface area contributed by atoms with Gasteiger partial charge in [0.25, 0.3) is 5.91 Å². The predicted molar refractivity (Wildman–Crippen MR) is 61.7 cm³/mol. The van der Waals surface area contributed by atoms with E-state index in [1.54, 1.807) is 20.8 Å². The lowest BCUT2D eigenvalue weighted by atomic mass is 10.0. The first-order chi connectivity index (χ1) is 7.86. The third kappa shape index (κ3) is 3.13. The number of carbonyl (C=O) groups is 1. The Hall–Kier alpha value is -2.18. The van der Waals surface area contributed by atoms with Gasteiger partial charge in [0.1, 0.15) is 5.69 Å². The fourth-order valence-corrected chi connectivity index (χ4v) is 1.05. The third-order valence-corrected chi connectivity index (χ3v) is 2.19. The van der Waals surface area contributed by atoms with Crippen LogP contribution in [0.4, 0.5) is 0 Å². The van der Waals surface area contributed by atoms with Crippen molar-refractivity contribution in [2.75, 3.05) is 0 Å². The van der Waals surface area contributed by atoms with Gasteiger partial charge in [0.15, 0.2) is 5.84 Å². The van der Waals surface area contributed by atoms with Crippen LogP contribution in [0.5, 0.6) is 0 Å². The van der Waals surface area contributed by atoms with Crippen LogP contribution in [0.15, 0.2) is 17.5 Å². The molecular formula is C10H15N5O2. The second-order valence-corrected chi connectivity index (χ2v) is 4.11. The molecule has 0 saturated heterocycles. The fraction of sp³-hybridized carbons (Fsp3) is 0.400. The molecule has 0 saturated carbocycles. The first-order valence-corrected chi connectivity index (χ1v) is 4.96. The van der Waals surface area contributed by atoms with Crippen LogP contribution in [0.3, 0.4) is 0 Å². The highest BCUT2D eigenvalue weighted by atomic mass is 16.4. The van der Waals surface area contributed by atoms with E-state index >= 15 is 0 Å². The molecule has 0 bridgehead atoms. The van der Waals surface area contributed by atoms with Gasteiger partial charge in [-0.3, -0.25) is 9.78 Å². The average Bonchev–Trinajstić information content (AvgIpc) is 2.28. The molecule has 4 N–H and O–H groups in total. The number of aryl methyl sites for hydroxylation is 1. The van der Waals surface area contributed by atoms with Crippen LogP contribution in [0.1, 0.15) is 30.0 Å². The maximum absolute atomic E-state index is 11.8. The van der Waals surface area contributed by atoms with E-state index in [1.165, 1.54) is 12.4 Å². The quantitative estimate of drug-likeness (QED) is 0.297. The highest BCUT2D eigenvalue weighted by molar-refractivity contribution is 5.98. The third-order valence-electron chi connectivity index (χ3n) is 2.19. The van der Waals surface area contributed by atoms with Gasteiger partial charge in [-0.15, -0.1) is 0 Å². The van der Waals surface area contributed by atoms with Crippen molar-refractivity contribution in [2.24, 2.45) is 10.9 Å². The number of aromatic nitrogens is 2. The molecule has 0 aliphatic heterocycles. The lowest BCUT2D eigenvalue weighted by molar-refractivity contribution is 0.0925. The molecule has 0 unspecified atom stereocenters. The van der Waals surface area contributed by atoms with Gasteiger partial charge in [-0.25, -0.2) is 4.98 Å². The van der Waals surface area contributed by atoms with Crippen LogP contribution < -0.4 is 11.1 Å². The minimum Gasteiger partial charge on any atom is -0.409 e. The lowest BCUT2D eigenvalue weighted by Crippen LogP contribution is -2.53. The molecule has 1 heterocycles. The Bertz CT molecular complexity index is 439. The topological polar surface area (TPSA) is 113 Å². The van der Waals surface area contributed by atoms with E-state index in [-0.39, 0.29) is 11.5 Å². The molecule has 1 amide bonds. The van der Waals surface area contributed by atoms with Gasteiger partial charge >= 0.3 is 0 Å². The van der Waals surface area contributed by atoms with Crippen LogP contribution in [0, 0.1) is 6.92 Å². The van der Waals surface area contributed by atoms with Crippen molar-refractivity contribution in [3.8, 4) is 0 Å². The van der Waals surface area contributed by atoms with E-state index in [0.29, 0.717) is 0 Å². The second-order valence-electron chi connectivity index (χ2n) is 4.11. The largest absolute Gasteiger partial charge is 0.409 e. The number of rotatable bonds is 3. The van der Waals surface area contributed by atoms with Crippen LogP contribution in [0.25, 0.3) is 0 Å². The number of nitrogens with two attached hydrogens (primary N) is 1. The predicted octanol–water partition coefficient (Wildman–Crippen LogP) is 0.0398. The molecule has 0 atom stereocenters. The van der Waals surface area contributed by atoms with Gasteiger partial charge in [-0.2, -0.15) is 0 Å². The van der Waals surface area contributed by atoms with Gasteiger partial charge in [0.2, 0.25) is 0 Å². The summed E-state index contributed by atoms with van der Waals surface area (Å²) >= 11 is 0. The number of oxime groups is 1. The summed E-state index contributed by atoms with van der Waals surface area (Å²) in [6.07, 6.45) is 2.86. The molecule has 0 spiro atoms. The summed E-state index contributed by atoms with van der Waals surface area (Å²) in [5, 5.41) is 14.0. The molecule has 0 radical (unpaired) electrons. The number of amidine groups is 1. The maximum Gasteiger partial charge on any atom is 0.272 e. The van der Waals surface area contributed by atoms with Crippen molar-refractivity contribution < 1.29 is 10.0 Å². The minimum absolute atomic E-state index is 0.0917. The van der Waals surface area contributed by atoms with E-state index in [0.717, 1.165) is 5.69 Å². The number of nitrogens with one attached hydrogen (secondary N) is 1. The Morgan fingerprint density at radius 3 is 2.59 bits per heavy atom. The summed E-state index contributed by atoms with van der Waals surface area (Å²) in [5.41, 5.74) is 5.39. The lowest BCUT2D eigenvalue weighted by Gasteiger charge is -2.24. The number of amides is 1. The first-order valence-electron chi connectivity index (χ1n) is 4.96.